The molecule has 0 saturated carbocycles. The van der Waals surface area contributed by atoms with Gasteiger partial charge in [-0.25, -0.2) is 0 Å². The van der Waals surface area contributed by atoms with Gasteiger partial charge in [0.05, 0.1) is 24.3 Å². The molecule has 2 aromatic carbocycles. The Morgan fingerprint density at radius 2 is 1.68 bits per heavy atom. The Morgan fingerprint density at radius 1 is 1.03 bits per heavy atom. The number of halogens is 3. The van der Waals surface area contributed by atoms with E-state index in [1.807, 2.05) is 24.3 Å². The Bertz CT molecular complexity index is 846. The summed E-state index contributed by atoms with van der Waals surface area (Å²) in [5.74, 6) is -0.224. The van der Waals surface area contributed by atoms with Crippen molar-refractivity contribution in [1.82, 2.24) is 0 Å². The van der Waals surface area contributed by atoms with Crippen LogP contribution in [0.2, 0.25) is 0 Å². The molecule has 2 atom stereocenters. The van der Waals surface area contributed by atoms with E-state index in [2.05, 4.69) is 6.92 Å². The van der Waals surface area contributed by atoms with Gasteiger partial charge in [0.2, 0.25) is 0 Å². The van der Waals surface area contributed by atoms with Gasteiger partial charge in [0.15, 0.2) is 0 Å². The van der Waals surface area contributed by atoms with Crippen molar-refractivity contribution in [2.24, 2.45) is 5.73 Å². The predicted octanol–water partition coefficient (Wildman–Crippen LogP) is 4.47. The van der Waals surface area contributed by atoms with Gasteiger partial charge in [0, 0.05) is 6.42 Å². The fourth-order valence-corrected chi connectivity index (χ4v) is 3.41. The van der Waals surface area contributed by atoms with Crippen molar-refractivity contribution in [2.45, 2.75) is 44.3 Å². The summed E-state index contributed by atoms with van der Waals surface area (Å²) in [5.41, 5.74) is 6.53. The molecular formula is C22H28F3NO4P+. The molecule has 0 radical (unpaired) electrons. The molecule has 2 rings (SSSR count). The third-order valence-electron chi connectivity index (χ3n) is 5.07. The lowest BCUT2D eigenvalue weighted by Crippen LogP contribution is -2.47. The van der Waals surface area contributed by atoms with Crippen molar-refractivity contribution in [3.05, 3.63) is 64.7 Å². The highest BCUT2D eigenvalue weighted by Gasteiger charge is 2.35. The SMILES string of the molecule is CCc1ccc(CCOc2ccc(CCC(N)(CO)CO[PH+]=O)cc2C(F)(F)F)cc1. The smallest absolute Gasteiger partial charge is 0.493 e. The van der Waals surface area contributed by atoms with E-state index in [1.54, 1.807) is 6.07 Å². The van der Waals surface area contributed by atoms with Crippen molar-refractivity contribution in [3.63, 3.8) is 0 Å². The number of aliphatic hydroxyl groups is 1. The third kappa shape index (κ3) is 7.89. The highest BCUT2D eigenvalue weighted by atomic mass is 31.1. The number of hydrogen-bond acceptors (Lipinski definition) is 5. The quantitative estimate of drug-likeness (QED) is 0.459. The Balaban J connectivity index is 2.05. The molecule has 0 fully saturated rings. The molecule has 0 aromatic heterocycles. The van der Waals surface area contributed by atoms with Gasteiger partial charge < -0.3 is 15.6 Å². The molecule has 5 nitrogen and oxygen atoms in total. The van der Waals surface area contributed by atoms with Crippen LogP contribution in [0.5, 0.6) is 5.75 Å². The number of hydrogen-bond donors (Lipinski definition) is 2. The minimum Gasteiger partial charge on any atom is -0.493 e. The van der Waals surface area contributed by atoms with Crippen molar-refractivity contribution in [1.29, 1.82) is 0 Å². The van der Waals surface area contributed by atoms with Crippen LogP contribution < -0.4 is 10.5 Å². The molecular weight excluding hydrogens is 430 g/mol. The maximum absolute atomic E-state index is 13.6. The second-order valence-corrected chi connectivity index (χ2v) is 7.94. The average molecular weight is 458 g/mol. The Labute approximate surface area is 181 Å². The first-order chi connectivity index (χ1) is 14.7. The maximum atomic E-state index is 13.6. The molecule has 0 aliphatic heterocycles. The molecule has 0 aliphatic rings. The normalized spacial score (nSPS) is 13.9. The highest BCUT2D eigenvalue weighted by molar-refractivity contribution is 7.17. The van der Waals surface area contributed by atoms with Crippen molar-refractivity contribution >= 4 is 8.69 Å². The standard InChI is InChI=1S/C22H28F3NO4P/c1-2-16-3-5-17(6-4-16)10-12-29-20-8-7-18(13-19(20)22(23,24)25)9-11-21(26,14-27)15-30-31-28/h3-8,13,27,31H,2,9-12,14-15,26H2,1H3/q+1. The molecule has 0 bridgehead atoms. The topological polar surface area (TPSA) is 81.8 Å². The van der Waals surface area contributed by atoms with E-state index < -0.39 is 32.6 Å². The van der Waals surface area contributed by atoms with Crippen LogP contribution in [0.1, 0.15) is 35.6 Å². The van der Waals surface area contributed by atoms with Crippen LogP contribution in [0.15, 0.2) is 42.5 Å². The Morgan fingerprint density at radius 3 is 2.26 bits per heavy atom. The second-order valence-electron chi connectivity index (χ2n) is 7.49. The number of aliphatic hydroxyl groups excluding tert-OH is 1. The number of alkyl halides is 3. The van der Waals surface area contributed by atoms with Gasteiger partial charge in [0.25, 0.3) is 0 Å². The molecule has 170 valence electrons. The number of ether oxygens (including phenoxy) is 1. The first-order valence-electron chi connectivity index (χ1n) is 10.00. The van der Waals surface area contributed by atoms with E-state index in [0.717, 1.165) is 18.1 Å². The number of nitrogens with two attached hydrogens (primary N) is 1. The Kier molecular flexibility index (Phi) is 9.44. The van der Waals surface area contributed by atoms with E-state index in [1.165, 1.54) is 11.6 Å². The third-order valence-corrected chi connectivity index (χ3v) is 5.34. The zero-order valence-electron chi connectivity index (χ0n) is 17.4. The number of rotatable bonds is 12. The van der Waals surface area contributed by atoms with E-state index in [9.17, 15) is 22.8 Å². The zero-order valence-corrected chi connectivity index (χ0v) is 18.4. The summed E-state index contributed by atoms with van der Waals surface area (Å²) in [6, 6.07) is 11.8. The van der Waals surface area contributed by atoms with E-state index in [-0.39, 0.29) is 31.8 Å². The van der Waals surface area contributed by atoms with Crippen LogP contribution in [0.25, 0.3) is 0 Å². The lowest BCUT2D eigenvalue weighted by atomic mass is 9.93. The van der Waals surface area contributed by atoms with Gasteiger partial charge in [-0.3, -0.25) is 0 Å². The average Bonchev–Trinajstić information content (AvgIpc) is 2.76. The summed E-state index contributed by atoms with van der Waals surface area (Å²) >= 11 is 0. The monoisotopic (exact) mass is 458 g/mol. The first kappa shape index (κ1) is 25.3. The molecule has 0 amide bonds. The number of aryl methyl sites for hydroxylation is 2. The molecule has 9 heteroatoms. The molecule has 0 saturated heterocycles. The second kappa shape index (κ2) is 11.6. The molecule has 0 aliphatic carbocycles. The first-order valence-corrected chi connectivity index (χ1v) is 10.8. The fraction of sp³-hybridized carbons (Fsp3) is 0.455. The molecule has 0 heterocycles. The summed E-state index contributed by atoms with van der Waals surface area (Å²) in [6.45, 7) is 1.58. The van der Waals surface area contributed by atoms with Crippen LogP contribution in [0.3, 0.4) is 0 Å². The minimum atomic E-state index is -4.57. The summed E-state index contributed by atoms with van der Waals surface area (Å²) in [7, 11) is -1.02. The van der Waals surface area contributed by atoms with Gasteiger partial charge in [-0.05, 0) is 52.7 Å². The lowest BCUT2D eigenvalue weighted by molar-refractivity contribution is -0.139. The number of benzene rings is 2. The summed E-state index contributed by atoms with van der Waals surface area (Å²) in [5, 5.41) is 9.43. The fourth-order valence-electron chi connectivity index (χ4n) is 3.06. The minimum absolute atomic E-state index is 0.123. The Hall–Kier alpha value is -1.99. The van der Waals surface area contributed by atoms with E-state index >= 15 is 0 Å². The van der Waals surface area contributed by atoms with Crippen molar-refractivity contribution < 1.29 is 32.1 Å². The largest absolute Gasteiger partial charge is 0.494 e. The molecule has 2 aromatic rings. The van der Waals surface area contributed by atoms with E-state index in [4.69, 9.17) is 15.0 Å². The van der Waals surface area contributed by atoms with Gasteiger partial charge in [-0.15, -0.1) is 4.52 Å². The van der Waals surface area contributed by atoms with Crippen LogP contribution >= 0.6 is 8.69 Å². The summed E-state index contributed by atoms with van der Waals surface area (Å²) < 4.78 is 61.4. The molecule has 3 N–H and O–H groups in total. The molecule has 0 spiro atoms. The summed E-state index contributed by atoms with van der Waals surface area (Å²) in [4.78, 5) is 0. The lowest BCUT2D eigenvalue weighted by Gasteiger charge is -2.24. The van der Waals surface area contributed by atoms with Gasteiger partial charge >= 0.3 is 14.9 Å². The summed E-state index contributed by atoms with van der Waals surface area (Å²) in [6.07, 6.45) is -2.80. The van der Waals surface area contributed by atoms with Crippen LogP contribution in [-0.2, 0) is 34.5 Å². The van der Waals surface area contributed by atoms with Crippen molar-refractivity contribution in [2.75, 3.05) is 19.8 Å². The van der Waals surface area contributed by atoms with Gasteiger partial charge in [0.1, 0.15) is 12.4 Å². The van der Waals surface area contributed by atoms with Crippen molar-refractivity contribution in [3.8, 4) is 5.75 Å². The molecule has 31 heavy (non-hydrogen) atoms. The van der Waals surface area contributed by atoms with Crippen LogP contribution in [-0.4, -0.2) is 30.5 Å². The predicted molar refractivity (Wildman–Crippen MR) is 114 cm³/mol. The zero-order chi connectivity index (χ0) is 22.9. The highest BCUT2D eigenvalue weighted by Crippen LogP contribution is 2.37. The van der Waals surface area contributed by atoms with Crippen LogP contribution in [0, 0.1) is 0 Å². The van der Waals surface area contributed by atoms with Gasteiger partial charge in [-0.1, -0.05) is 37.3 Å². The maximum Gasteiger partial charge on any atom is 0.494 e. The molecule has 2 unspecified atom stereocenters. The van der Waals surface area contributed by atoms with E-state index in [0.29, 0.717) is 12.0 Å². The van der Waals surface area contributed by atoms with Crippen LogP contribution in [0.4, 0.5) is 13.2 Å². The van der Waals surface area contributed by atoms with Gasteiger partial charge in [-0.2, -0.15) is 13.2 Å².